The number of aromatic amines is 1. The van der Waals surface area contributed by atoms with Crippen LogP contribution >= 0.6 is 0 Å². The largest absolute Gasteiger partial charge is 0.491 e. The maximum absolute atomic E-state index is 11.0. The highest BCUT2D eigenvalue weighted by atomic mass is 16.5. The number of aliphatic hydroxyl groups is 1. The lowest BCUT2D eigenvalue weighted by atomic mass is 9.96. The van der Waals surface area contributed by atoms with Crippen molar-refractivity contribution in [3.63, 3.8) is 0 Å². The van der Waals surface area contributed by atoms with Crippen molar-refractivity contribution in [1.29, 1.82) is 0 Å². The summed E-state index contributed by atoms with van der Waals surface area (Å²) in [4.78, 5) is 5.68. The number of hydrogen-bond acceptors (Lipinski definition) is 3. The van der Waals surface area contributed by atoms with Crippen LogP contribution in [0.1, 0.15) is 30.4 Å². The highest BCUT2D eigenvalue weighted by Crippen LogP contribution is 2.25. The van der Waals surface area contributed by atoms with Gasteiger partial charge in [0.15, 0.2) is 0 Å². The molecule has 1 aliphatic heterocycles. The number of nitrogens with zero attached hydrogens (tertiary/aromatic N) is 1. The van der Waals surface area contributed by atoms with Crippen molar-refractivity contribution >= 4 is 10.9 Å². The van der Waals surface area contributed by atoms with Crippen LogP contribution in [-0.2, 0) is 6.54 Å². The Labute approximate surface area is 160 Å². The SMILES string of the molecule is Cc1ccc(OC[C@@]2(O)CCCN(Cc3ccc4[nH]ccc4c3)CC2)cc1. The van der Waals surface area contributed by atoms with Gasteiger partial charge in [0.05, 0.1) is 5.60 Å². The number of aryl methyl sites for hydroxylation is 1. The van der Waals surface area contributed by atoms with E-state index in [0.717, 1.165) is 44.6 Å². The summed E-state index contributed by atoms with van der Waals surface area (Å²) in [6.07, 6.45) is 4.49. The van der Waals surface area contributed by atoms with Crippen LogP contribution < -0.4 is 4.74 Å². The summed E-state index contributed by atoms with van der Waals surface area (Å²) in [6, 6.07) is 16.7. The first kappa shape index (κ1) is 18.1. The van der Waals surface area contributed by atoms with Gasteiger partial charge in [-0.1, -0.05) is 23.8 Å². The van der Waals surface area contributed by atoms with Crippen LogP contribution in [0.4, 0.5) is 0 Å². The van der Waals surface area contributed by atoms with Crippen molar-refractivity contribution in [2.45, 2.75) is 38.3 Å². The predicted molar refractivity (Wildman–Crippen MR) is 109 cm³/mol. The number of rotatable bonds is 5. The summed E-state index contributed by atoms with van der Waals surface area (Å²) in [6.45, 7) is 5.25. The standard InChI is InChI=1S/C23H28N2O2/c1-18-3-6-21(7-4-18)27-17-23(26)10-2-13-25(14-11-23)16-19-5-8-22-20(15-19)9-12-24-22/h3-9,12,15,24,26H,2,10-11,13-14,16-17H2,1H3/t23-/m1/s1. The first-order valence-corrected chi connectivity index (χ1v) is 9.80. The molecule has 2 heterocycles. The molecule has 1 aromatic heterocycles. The third-order valence-electron chi connectivity index (χ3n) is 5.56. The molecule has 3 aromatic rings. The van der Waals surface area contributed by atoms with E-state index >= 15 is 0 Å². The summed E-state index contributed by atoms with van der Waals surface area (Å²) < 4.78 is 5.88. The van der Waals surface area contributed by atoms with E-state index in [1.807, 2.05) is 30.5 Å². The fraction of sp³-hybridized carbons (Fsp3) is 0.391. The Morgan fingerprint density at radius 1 is 1.07 bits per heavy atom. The smallest absolute Gasteiger partial charge is 0.119 e. The Morgan fingerprint density at radius 3 is 2.78 bits per heavy atom. The zero-order valence-electron chi connectivity index (χ0n) is 15.9. The molecule has 4 nitrogen and oxygen atoms in total. The fourth-order valence-electron chi connectivity index (χ4n) is 3.85. The van der Waals surface area contributed by atoms with Crippen molar-refractivity contribution in [2.75, 3.05) is 19.7 Å². The summed E-state index contributed by atoms with van der Waals surface area (Å²) in [5, 5.41) is 12.3. The van der Waals surface area contributed by atoms with Crippen molar-refractivity contribution < 1.29 is 9.84 Å². The van der Waals surface area contributed by atoms with Gasteiger partial charge in [-0.2, -0.15) is 0 Å². The van der Waals surface area contributed by atoms with Gasteiger partial charge >= 0.3 is 0 Å². The fourth-order valence-corrected chi connectivity index (χ4v) is 3.85. The minimum atomic E-state index is -0.746. The Morgan fingerprint density at radius 2 is 1.93 bits per heavy atom. The maximum atomic E-state index is 11.0. The Hall–Kier alpha value is -2.30. The first-order valence-electron chi connectivity index (χ1n) is 9.80. The van der Waals surface area contributed by atoms with Gasteiger partial charge in [0.1, 0.15) is 12.4 Å². The van der Waals surface area contributed by atoms with Crippen LogP contribution in [0.15, 0.2) is 54.7 Å². The van der Waals surface area contributed by atoms with Gasteiger partial charge in [-0.15, -0.1) is 0 Å². The molecule has 1 atom stereocenters. The van der Waals surface area contributed by atoms with Crippen LogP contribution in [-0.4, -0.2) is 40.3 Å². The molecule has 0 saturated carbocycles. The molecule has 0 spiro atoms. The molecule has 1 fully saturated rings. The molecule has 0 aliphatic carbocycles. The normalized spacial score (nSPS) is 21.3. The molecule has 2 aromatic carbocycles. The molecule has 1 saturated heterocycles. The van der Waals surface area contributed by atoms with E-state index in [1.54, 1.807) is 0 Å². The minimum Gasteiger partial charge on any atom is -0.491 e. The second kappa shape index (κ2) is 7.75. The van der Waals surface area contributed by atoms with E-state index in [4.69, 9.17) is 4.74 Å². The van der Waals surface area contributed by atoms with E-state index in [-0.39, 0.29) is 0 Å². The Bertz CT molecular complexity index is 887. The number of H-pyrrole nitrogens is 1. The molecule has 4 rings (SSSR count). The molecule has 0 radical (unpaired) electrons. The molecule has 142 valence electrons. The number of nitrogens with one attached hydrogen (secondary N) is 1. The van der Waals surface area contributed by atoms with Gasteiger partial charge in [0.2, 0.25) is 0 Å². The zero-order valence-corrected chi connectivity index (χ0v) is 15.9. The number of fused-ring (bicyclic) bond motifs is 1. The maximum Gasteiger partial charge on any atom is 0.119 e. The molecule has 4 heteroatoms. The van der Waals surface area contributed by atoms with Gasteiger partial charge in [0, 0.05) is 24.8 Å². The minimum absolute atomic E-state index is 0.360. The Kier molecular flexibility index (Phi) is 5.19. The van der Waals surface area contributed by atoms with Gasteiger partial charge < -0.3 is 14.8 Å². The Balaban J connectivity index is 1.34. The van der Waals surface area contributed by atoms with Gasteiger partial charge in [-0.3, -0.25) is 4.90 Å². The van der Waals surface area contributed by atoms with Crippen LogP contribution in [0, 0.1) is 6.92 Å². The average molecular weight is 364 g/mol. The van der Waals surface area contributed by atoms with Crippen molar-refractivity contribution in [1.82, 2.24) is 9.88 Å². The quantitative estimate of drug-likeness (QED) is 0.711. The zero-order chi connectivity index (χ0) is 18.7. The lowest BCUT2D eigenvalue weighted by Gasteiger charge is -2.27. The lowest BCUT2D eigenvalue weighted by molar-refractivity contribution is -0.0168. The lowest BCUT2D eigenvalue weighted by Crippen LogP contribution is -2.37. The van der Waals surface area contributed by atoms with Crippen molar-refractivity contribution in [2.24, 2.45) is 0 Å². The van der Waals surface area contributed by atoms with Crippen LogP contribution in [0.3, 0.4) is 0 Å². The molecular weight excluding hydrogens is 336 g/mol. The van der Waals surface area contributed by atoms with Crippen LogP contribution in [0.2, 0.25) is 0 Å². The highest BCUT2D eigenvalue weighted by molar-refractivity contribution is 5.79. The molecule has 2 N–H and O–H groups in total. The molecule has 0 bridgehead atoms. The van der Waals surface area contributed by atoms with E-state index in [0.29, 0.717) is 6.61 Å². The van der Waals surface area contributed by atoms with E-state index in [9.17, 15) is 5.11 Å². The monoisotopic (exact) mass is 364 g/mol. The molecule has 0 unspecified atom stereocenters. The summed E-state index contributed by atoms with van der Waals surface area (Å²) in [5.41, 5.74) is 2.97. The number of aromatic nitrogens is 1. The number of ether oxygens (including phenoxy) is 1. The number of hydrogen-bond donors (Lipinski definition) is 2. The number of benzene rings is 2. The van der Waals surface area contributed by atoms with Crippen LogP contribution in [0.25, 0.3) is 10.9 Å². The summed E-state index contributed by atoms with van der Waals surface area (Å²) >= 11 is 0. The topological polar surface area (TPSA) is 48.5 Å². The van der Waals surface area contributed by atoms with Gasteiger partial charge in [-0.05, 0) is 74.0 Å². The van der Waals surface area contributed by atoms with E-state index < -0.39 is 5.60 Å². The molecular formula is C23H28N2O2. The average Bonchev–Trinajstić information content (AvgIpc) is 3.05. The number of likely N-dealkylation sites (tertiary alicyclic amines) is 1. The third-order valence-corrected chi connectivity index (χ3v) is 5.56. The third kappa shape index (κ3) is 4.52. The molecule has 1 aliphatic rings. The van der Waals surface area contributed by atoms with E-state index in [2.05, 4.69) is 41.1 Å². The van der Waals surface area contributed by atoms with E-state index in [1.165, 1.54) is 22.0 Å². The predicted octanol–water partition coefficient (Wildman–Crippen LogP) is 4.27. The second-order valence-electron chi connectivity index (χ2n) is 7.86. The second-order valence-corrected chi connectivity index (χ2v) is 7.86. The summed E-state index contributed by atoms with van der Waals surface area (Å²) in [5.74, 6) is 0.829. The highest BCUT2D eigenvalue weighted by Gasteiger charge is 2.31. The van der Waals surface area contributed by atoms with Crippen molar-refractivity contribution in [3.8, 4) is 5.75 Å². The van der Waals surface area contributed by atoms with Gasteiger partial charge in [0.25, 0.3) is 0 Å². The molecule has 0 amide bonds. The van der Waals surface area contributed by atoms with Crippen LogP contribution in [0.5, 0.6) is 5.75 Å². The van der Waals surface area contributed by atoms with Crippen molar-refractivity contribution in [3.05, 3.63) is 65.9 Å². The van der Waals surface area contributed by atoms with Gasteiger partial charge in [-0.25, -0.2) is 0 Å². The summed E-state index contributed by atoms with van der Waals surface area (Å²) in [7, 11) is 0. The first-order chi connectivity index (χ1) is 13.1. The molecule has 27 heavy (non-hydrogen) atoms.